The lowest BCUT2D eigenvalue weighted by Gasteiger charge is -2.33. The molecule has 8 heteroatoms. The number of thioether (sulfide) groups is 1. The van der Waals surface area contributed by atoms with Crippen molar-refractivity contribution in [2.75, 3.05) is 40.3 Å². The predicted octanol–water partition coefficient (Wildman–Crippen LogP) is 4.30. The van der Waals surface area contributed by atoms with Crippen molar-refractivity contribution in [3.05, 3.63) is 46.5 Å². The smallest absolute Gasteiger partial charge is 0.253 e. The van der Waals surface area contributed by atoms with Gasteiger partial charge in [-0.15, -0.1) is 11.3 Å². The van der Waals surface area contributed by atoms with Crippen molar-refractivity contribution in [1.82, 2.24) is 20.1 Å². The van der Waals surface area contributed by atoms with E-state index in [2.05, 4.69) is 34.4 Å². The van der Waals surface area contributed by atoms with Crippen molar-refractivity contribution in [3.63, 3.8) is 0 Å². The summed E-state index contributed by atoms with van der Waals surface area (Å²) < 4.78 is 1.07. The molecule has 2 aromatic rings. The molecule has 0 unspecified atom stereocenters. The quantitative estimate of drug-likeness (QED) is 0.533. The largest absolute Gasteiger partial charge is 0.355 e. The summed E-state index contributed by atoms with van der Waals surface area (Å²) in [7, 11) is 4.10. The van der Waals surface area contributed by atoms with Gasteiger partial charge in [0.05, 0.1) is 0 Å². The molecule has 0 atom stereocenters. The standard InChI is InChI=1S/C25H36N4O2S2/c1-18-14-32-24(27-18)33-15-19-6-8-21(9-7-19)23(31)29-12-10-20(11-13-29)22(30)26-16-25(2,3)17-28(4)5/h6-9,14,20H,10-13,15-17H2,1-5H3,(H,26,30). The first-order chi connectivity index (χ1) is 15.6. The summed E-state index contributed by atoms with van der Waals surface area (Å²) in [6.45, 7) is 9.16. The molecule has 2 heterocycles. The fraction of sp³-hybridized carbons (Fsp3) is 0.560. The maximum atomic E-state index is 12.9. The van der Waals surface area contributed by atoms with Crippen LogP contribution in [-0.2, 0) is 10.5 Å². The van der Waals surface area contributed by atoms with Gasteiger partial charge in [-0.2, -0.15) is 0 Å². The van der Waals surface area contributed by atoms with E-state index in [0.29, 0.717) is 38.0 Å². The summed E-state index contributed by atoms with van der Waals surface area (Å²) in [6.07, 6.45) is 1.43. The summed E-state index contributed by atoms with van der Waals surface area (Å²) in [6, 6.07) is 7.88. The van der Waals surface area contributed by atoms with Gasteiger partial charge >= 0.3 is 0 Å². The normalized spacial score (nSPS) is 15.2. The number of aromatic nitrogens is 1. The third-order valence-corrected chi connectivity index (χ3v) is 8.01. The van der Waals surface area contributed by atoms with Crippen LogP contribution in [0.2, 0.25) is 0 Å². The minimum Gasteiger partial charge on any atom is -0.355 e. The van der Waals surface area contributed by atoms with E-state index in [-0.39, 0.29) is 23.1 Å². The Hall–Kier alpha value is -1.90. The lowest BCUT2D eigenvalue weighted by Crippen LogP contribution is -2.46. The molecule has 1 N–H and O–H groups in total. The van der Waals surface area contributed by atoms with Crippen molar-refractivity contribution in [2.24, 2.45) is 11.3 Å². The number of likely N-dealkylation sites (tertiary alicyclic amines) is 1. The molecule has 33 heavy (non-hydrogen) atoms. The van der Waals surface area contributed by atoms with E-state index >= 15 is 0 Å². The highest BCUT2D eigenvalue weighted by molar-refractivity contribution is 8.00. The summed E-state index contributed by atoms with van der Waals surface area (Å²) in [5.41, 5.74) is 2.97. The van der Waals surface area contributed by atoms with Crippen LogP contribution < -0.4 is 5.32 Å². The zero-order valence-electron chi connectivity index (χ0n) is 20.4. The third kappa shape index (κ3) is 7.83. The van der Waals surface area contributed by atoms with Gasteiger partial charge in [0, 0.05) is 54.5 Å². The molecule has 0 radical (unpaired) electrons. The minimum atomic E-state index is -0.0156. The summed E-state index contributed by atoms with van der Waals surface area (Å²) in [5, 5.41) is 5.19. The van der Waals surface area contributed by atoms with Gasteiger partial charge in [-0.05, 0) is 57.0 Å². The number of aryl methyl sites for hydroxylation is 1. The van der Waals surface area contributed by atoms with Crippen LogP contribution >= 0.6 is 23.1 Å². The summed E-state index contributed by atoms with van der Waals surface area (Å²) in [5.74, 6) is 0.993. The third-order valence-electron chi connectivity index (χ3n) is 5.80. The van der Waals surface area contributed by atoms with Gasteiger partial charge < -0.3 is 15.1 Å². The Morgan fingerprint density at radius 3 is 2.45 bits per heavy atom. The first-order valence-corrected chi connectivity index (χ1v) is 13.3. The molecular formula is C25H36N4O2S2. The zero-order chi connectivity index (χ0) is 24.0. The number of piperidine rings is 1. The lowest BCUT2D eigenvalue weighted by atomic mass is 9.91. The average Bonchev–Trinajstić information content (AvgIpc) is 3.20. The van der Waals surface area contributed by atoms with Crippen molar-refractivity contribution >= 4 is 34.9 Å². The Kier molecular flexibility index (Phi) is 8.95. The Morgan fingerprint density at radius 2 is 1.88 bits per heavy atom. The molecule has 1 saturated heterocycles. The second kappa shape index (κ2) is 11.5. The molecule has 1 fully saturated rings. The van der Waals surface area contributed by atoms with Crippen molar-refractivity contribution in [1.29, 1.82) is 0 Å². The van der Waals surface area contributed by atoms with Gasteiger partial charge in [-0.1, -0.05) is 37.7 Å². The number of thiazole rings is 1. The molecule has 1 aromatic carbocycles. The van der Waals surface area contributed by atoms with Crippen LogP contribution in [-0.4, -0.2) is 66.9 Å². The molecule has 0 saturated carbocycles. The van der Waals surface area contributed by atoms with Crippen LogP contribution in [0.4, 0.5) is 0 Å². The van der Waals surface area contributed by atoms with Crippen LogP contribution in [0.25, 0.3) is 0 Å². The summed E-state index contributed by atoms with van der Waals surface area (Å²) in [4.78, 5) is 34.1. The van der Waals surface area contributed by atoms with E-state index in [1.165, 1.54) is 5.56 Å². The van der Waals surface area contributed by atoms with E-state index in [0.717, 1.165) is 22.3 Å². The fourth-order valence-corrected chi connectivity index (χ4v) is 6.00. The lowest BCUT2D eigenvalue weighted by molar-refractivity contribution is -0.126. The highest BCUT2D eigenvalue weighted by atomic mass is 32.2. The number of rotatable bonds is 9. The number of amides is 2. The maximum absolute atomic E-state index is 12.9. The van der Waals surface area contributed by atoms with Crippen LogP contribution in [0.15, 0.2) is 34.0 Å². The van der Waals surface area contributed by atoms with E-state index in [1.54, 1.807) is 23.1 Å². The Labute approximate surface area is 206 Å². The van der Waals surface area contributed by atoms with Gasteiger partial charge in [0.15, 0.2) is 0 Å². The van der Waals surface area contributed by atoms with Gasteiger partial charge in [-0.3, -0.25) is 9.59 Å². The molecule has 0 bridgehead atoms. The maximum Gasteiger partial charge on any atom is 0.253 e. The van der Waals surface area contributed by atoms with Gasteiger partial charge in [0.1, 0.15) is 4.34 Å². The molecule has 0 aliphatic carbocycles. The van der Waals surface area contributed by atoms with E-state index in [1.807, 2.05) is 50.2 Å². The number of hydrogen-bond acceptors (Lipinski definition) is 6. The van der Waals surface area contributed by atoms with E-state index in [4.69, 9.17) is 0 Å². The highest BCUT2D eigenvalue weighted by Crippen LogP contribution is 2.26. The predicted molar refractivity (Wildman–Crippen MR) is 137 cm³/mol. The molecule has 1 aliphatic rings. The van der Waals surface area contributed by atoms with Crippen LogP contribution in [0.1, 0.15) is 48.3 Å². The molecule has 180 valence electrons. The second-order valence-electron chi connectivity index (χ2n) is 9.93. The van der Waals surface area contributed by atoms with Crippen molar-refractivity contribution < 1.29 is 9.59 Å². The van der Waals surface area contributed by atoms with Crippen molar-refractivity contribution in [3.8, 4) is 0 Å². The topological polar surface area (TPSA) is 65.5 Å². The van der Waals surface area contributed by atoms with Crippen LogP contribution in [0, 0.1) is 18.3 Å². The fourth-order valence-electron chi connectivity index (χ4n) is 4.20. The molecule has 3 rings (SSSR count). The first kappa shape index (κ1) is 25.7. The Morgan fingerprint density at radius 1 is 1.21 bits per heavy atom. The molecule has 1 aromatic heterocycles. The Balaban J connectivity index is 1.44. The summed E-state index contributed by atoms with van der Waals surface area (Å²) >= 11 is 3.38. The molecule has 6 nitrogen and oxygen atoms in total. The van der Waals surface area contributed by atoms with Crippen molar-refractivity contribution in [2.45, 2.75) is 43.7 Å². The van der Waals surface area contributed by atoms with Gasteiger partial charge in [-0.25, -0.2) is 4.98 Å². The zero-order valence-corrected chi connectivity index (χ0v) is 22.0. The molecule has 1 aliphatic heterocycles. The number of nitrogens with one attached hydrogen (secondary N) is 1. The highest BCUT2D eigenvalue weighted by Gasteiger charge is 2.29. The number of carbonyl (C=O) groups excluding carboxylic acids is 2. The number of benzene rings is 1. The first-order valence-electron chi connectivity index (χ1n) is 11.5. The molecular weight excluding hydrogens is 452 g/mol. The van der Waals surface area contributed by atoms with Crippen LogP contribution in [0.5, 0.6) is 0 Å². The second-order valence-corrected chi connectivity index (χ2v) is 12.0. The SMILES string of the molecule is Cc1csc(SCc2ccc(C(=O)N3CCC(C(=O)NCC(C)(C)CN(C)C)CC3)cc2)n1. The van der Waals surface area contributed by atoms with Crippen LogP contribution in [0.3, 0.4) is 0 Å². The monoisotopic (exact) mass is 488 g/mol. The molecule has 0 spiro atoms. The molecule has 2 amide bonds. The number of hydrogen-bond donors (Lipinski definition) is 1. The van der Waals surface area contributed by atoms with Gasteiger partial charge in [0.2, 0.25) is 5.91 Å². The van der Waals surface area contributed by atoms with E-state index < -0.39 is 0 Å². The minimum absolute atomic E-state index is 0.0156. The number of nitrogens with zero attached hydrogens (tertiary/aromatic N) is 3. The Bertz CT molecular complexity index is 932. The number of carbonyl (C=O) groups is 2. The average molecular weight is 489 g/mol. The van der Waals surface area contributed by atoms with E-state index in [9.17, 15) is 9.59 Å². The van der Waals surface area contributed by atoms with Gasteiger partial charge in [0.25, 0.3) is 5.91 Å².